The van der Waals surface area contributed by atoms with Crippen LogP contribution in [0.1, 0.15) is 12.2 Å². The zero-order valence-corrected chi connectivity index (χ0v) is 16.3. The van der Waals surface area contributed by atoms with Crippen LogP contribution in [0, 0.1) is 0 Å². The lowest BCUT2D eigenvalue weighted by molar-refractivity contribution is -0.144. The van der Waals surface area contributed by atoms with Gasteiger partial charge in [-0.15, -0.1) is 0 Å². The number of hydrogen-bond donors (Lipinski definition) is 2. The van der Waals surface area contributed by atoms with Gasteiger partial charge in [0, 0.05) is 32.3 Å². The summed E-state index contributed by atoms with van der Waals surface area (Å²) >= 11 is 0. The molecule has 5 heterocycles. The van der Waals surface area contributed by atoms with Gasteiger partial charge in [-0.3, -0.25) is 4.79 Å². The van der Waals surface area contributed by atoms with Crippen LogP contribution in [-0.2, 0) is 15.1 Å². The van der Waals surface area contributed by atoms with Crippen molar-refractivity contribution >= 4 is 11.9 Å². The molecule has 3 aromatic rings. The molecular weight excluding hydrogens is 388 g/mol. The molecule has 0 aromatic carbocycles. The summed E-state index contributed by atoms with van der Waals surface area (Å²) in [5.74, 6) is 0.239. The lowest BCUT2D eigenvalue weighted by atomic mass is 9.98. The van der Waals surface area contributed by atoms with Crippen molar-refractivity contribution in [1.29, 1.82) is 0 Å². The molecule has 154 valence electrons. The second-order valence-corrected chi connectivity index (χ2v) is 7.47. The number of amides is 1. The van der Waals surface area contributed by atoms with Crippen molar-refractivity contribution in [2.45, 2.75) is 18.1 Å². The van der Waals surface area contributed by atoms with Gasteiger partial charge in [0.2, 0.25) is 11.5 Å². The highest BCUT2D eigenvalue weighted by molar-refractivity contribution is 5.87. The average Bonchev–Trinajstić information content (AvgIpc) is 3.34. The van der Waals surface area contributed by atoms with E-state index in [2.05, 4.69) is 25.4 Å². The van der Waals surface area contributed by atoms with Crippen molar-refractivity contribution in [3.05, 3.63) is 42.3 Å². The number of nitrogens with one attached hydrogen (secondary N) is 1. The molecule has 0 radical (unpaired) electrons. The fourth-order valence-corrected chi connectivity index (χ4v) is 3.47. The molecule has 1 unspecified atom stereocenters. The Morgan fingerprint density at radius 2 is 1.93 bits per heavy atom. The number of nitrogens with zero attached hydrogens (tertiary/aromatic N) is 5. The van der Waals surface area contributed by atoms with E-state index in [4.69, 9.17) is 9.26 Å². The fraction of sp³-hybridized carbons (Fsp3) is 0.350. The van der Waals surface area contributed by atoms with Crippen LogP contribution in [-0.4, -0.2) is 68.9 Å². The summed E-state index contributed by atoms with van der Waals surface area (Å²) in [6, 6.07) is 9.02. The largest absolute Gasteiger partial charge is 0.377 e. The van der Waals surface area contributed by atoms with Crippen LogP contribution < -0.4 is 5.32 Å². The van der Waals surface area contributed by atoms with E-state index in [0.29, 0.717) is 48.5 Å². The summed E-state index contributed by atoms with van der Waals surface area (Å²) in [5, 5.41) is 18.0. The van der Waals surface area contributed by atoms with E-state index in [1.165, 1.54) is 4.90 Å². The Morgan fingerprint density at radius 1 is 1.17 bits per heavy atom. The van der Waals surface area contributed by atoms with E-state index in [0.717, 1.165) is 0 Å². The van der Waals surface area contributed by atoms with Gasteiger partial charge in [0.15, 0.2) is 5.76 Å². The number of likely N-dealkylation sites (tertiary alicyclic amines) is 1. The maximum atomic E-state index is 12.3. The molecule has 2 aliphatic rings. The van der Waals surface area contributed by atoms with Crippen molar-refractivity contribution in [2.75, 3.05) is 32.1 Å². The van der Waals surface area contributed by atoms with Crippen LogP contribution in [0.15, 0.2) is 41.1 Å². The van der Waals surface area contributed by atoms with Gasteiger partial charge in [0.25, 0.3) is 5.91 Å². The Hall–Kier alpha value is -3.37. The number of hydrogen-bond acceptors (Lipinski definition) is 9. The molecule has 0 aliphatic carbocycles. The van der Waals surface area contributed by atoms with Gasteiger partial charge in [0.1, 0.15) is 5.69 Å². The molecule has 30 heavy (non-hydrogen) atoms. The number of anilines is 1. The number of ether oxygens (including phenoxy) is 1. The smallest absolute Gasteiger partial charge is 0.262 e. The highest BCUT2D eigenvalue weighted by Gasteiger charge is 2.48. The second-order valence-electron chi connectivity index (χ2n) is 7.47. The van der Waals surface area contributed by atoms with Gasteiger partial charge in [-0.05, 0) is 18.2 Å². The standard InChI is InChI=1S/C20H20N6O4/c1-26-8-6-20(28,18(26)27)17-9-16(25-30-17)14-4-2-3-13(23-14)15-5-7-21-19(24-15)22-12-10-29-11-12/h2-5,7,9,12,28H,6,8,10-11H2,1H3,(H,21,22,24). The third-order valence-electron chi connectivity index (χ3n) is 5.33. The van der Waals surface area contributed by atoms with Crippen molar-refractivity contribution in [3.63, 3.8) is 0 Å². The topological polar surface area (TPSA) is 126 Å². The molecule has 2 saturated heterocycles. The molecule has 0 saturated carbocycles. The van der Waals surface area contributed by atoms with Crippen molar-refractivity contribution in [2.24, 2.45) is 0 Å². The fourth-order valence-electron chi connectivity index (χ4n) is 3.47. The molecule has 2 fully saturated rings. The predicted octanol–water partition coefficient (Wildman–Crippen LogP) is 1.05. The molecule has 0 bridgehead atoms. The summed E-state index contributed by atoms with van der Waals surface area (Å²) in [7, 11) is 1.64. The third kappa shape index (κ3) is 3.19. The molecule has 2 N–H and O–H groups in total. The van der Waals surface area contributed by atoms with Gasteiger partial charge in [0.05, 0.1) is 36.3 Å². The number of carbonyl (C=O) groups excluding carboxylic acids is 1. The number of aromatic nitrogens is 4. The van der Waals surface area contributed by atoms with Gasteiger partial charge in [-0.2, -0.15) is 0 Å². The zero-order chi connectivity index (χ0) is 20.7. The van der Waals surface area contributed by atoms with Crippen molar-refractivity contribution in [1.82, 2.24) is 25.0 Å². The second kappa shape index (κ2) is 7.15. The predicted molar refractivity (Wildman–Crippen MR) is 105 cm³/mol. The molecule has 10 heteroatoms. The molecule has 1 atom stereocenters. The summed E-state index contributed by atoms with van der Waals surface area (Å²) in [6.07, 6.45) is 1.93. The van der Waals surface area contributed by atoms with E-state index in [1.54, 1.807) is 31.4 Å². The number of pyridine rings is 1. The minimum Gasteiger partial charge on any atom is -0.377 e. The first-order valence-corrected chi connectivity index (χ1v) is 9.63. The van der Waals surface area contributed by atoms with E-state index < -0.39 is 11.5 Å². The van der Waals surface area contributed by atoms with Crippen LogP contribution in [0.4, 0.5) is 5.95 Å². The third-order valence-corrected chi connectivity index (χ3v) is 5.33. The van der Waals surface area contributed by atoms with Crippen LogP contribution in [0.3, 0.4) is 0 Å². The van der Waals surface area contributed by atoms with E-state index in [-0.39, 0.29) is 18.2 Å². The Bertz CT molecular complexity index is 1100. The highest BCUT2D eigenvalue weighted by Crippen LogP contribution is 2.34. The molecule has 3 aromatic heterocycles. The first kappa shape index (κ1) is 18.6. The average molecular weight is 408 g/mol. The first-order chi connectivity index (χ1) is 14.5. The summed E-state index contributed by atoms with van der Waals surface area (Å²) in [5.41, 5.74) is 0.593. The molecule has 10 nitrogen and oxygen atoms in total. The first-order valence-electron chi connectivity index (χ1n) is 9.63. The zero-order valence-electron chi connectivity index (χ0n) is 16.3. The molecule has 1 amide bonds. The highest BCUT2D eigenvalue weighted by atomic mass is 16.5. The van der Waals surface area contributed by atoms with Crippen LogP contribution in [0.2, 0.25) is 0 Å². The Balaban J connectivity index is 1.41. The SMILES string of the molecule is CN1CCC(O)(c2cc(-c3cccc(-c4ccnc(NC5COC5)n4)n3)no2)C1=O. The quantitative estimate of drug-likeness (QED) is 0.637. The molecule has 2 aliphatic heterocycles. The number of rotatable bonds is 5. The minimum absolute atomic E-state index is 0.121. The number of aliphatic hydroxyl groups is 1. The van der Waals surface area contributed by atoms with Crippen molar-refractivity contribution < 1.29 is 19.2 Å². The van der Waals surface area contributed by atoms with Crippen molar-refractivity contribution in [3.8, 4) is 22.8 Å². The van der Waals surface area contributed by atoms with Gasteiger partial charge in [-0.1, -0.05) is 11.2 Å². The molecule has 0 spiro atoms. The molecule has 5 rings (SSSR count). The molecular formula is C20H20N6O4. The number of likely N-dealkylation sites (N-methyl/N-ethyl adjacent to an activating group) is 1. The summed E-state index contributed by atoms with van der Waals surface area (Å²) < 4.78 is 10.5. The van der Waals surface area contributed by atoms with E-state index >= 15 is 0 Å². The maximum Gasteiger partial charge on any atom is 0.262 e. The summed E-state index contributed by atoms with van der Waals surface area (Å²) in [4.78, 5) is 27.1. The van der Waals surface area contributed by atoms with Gasteiger partial charge in [-0.25, -0.2) is 15.0 Å². The maximum absolute atomic E-state index is 12.3. The Labute approximate surface area is 171 Å². The lowest BCUT2D eigenvalue weighted by Crippen LogP contribution is -2.40. The minimum atomic E-state index is -1.68. The van der Waals surface area contributed by atoms with Gasteiger partial charge >= 0.3 is 0 Å². The van der Waals surface area contributed by atoms with Crippen LogP contribution in [0.5, 0.6) is 0 Å². The summed E-state index contributed by atoms with van der Waals surface area (Å²) in [6.45, 7) is 1.73. The Morgan fingerprint density at radius 3 is 2.63 bits per heavy atom. The lowest BCUT2D eigenvalue weighted by Gasteiger charge is -2.26. The van der Waals surface area contributed by atoms with E-state index in [9.17, 15) is 9.90 Å². The van der Waals surface area contributed by atoms with Crippen LogP contribution in [0.25, 0.3) is 22.8 Å². The number of carbonyl (C=O) groups is 1. The van der Waals surface area contributed by atoms with Crippen LogP contribution >= 0.6 is 0 Å². The Kier molecular flexibility index (Phi) is 4.44. The normalized spacial score (nSPS) is 21.7. The van der Waals surface area contributed by atoms with E-state index in [1.807, 2.05) is 12.1 Å². The monoisotopic (exact) mass is 408 g/mol. The van der Waals surface area contributed by atoms with Gasteiger partial charge < -0.3 is 24.6 Å².